The molecule has 0 aromatic carbocycles. The van der Waals surface area contributed by atoms with Crippen LogP contribution in [0, 0.1) is 0 Å². The quantitative estimate of drug-likeness (QED) is 0.277. The van der Waals surface area contributed by atoms with Crippen molar-refractivity contribution in [2.45, 2.75) is 30.6 Å². The highest BCUT2D eigenvalue weighted by Gasteiger charge is 2.42. The van der Waals surface area contributed by atoms with E-state index in [2.05, 4.69) is 4.74 Å². The van der Waals surface area contributed by atoms with Gasteiger partial charge in [0.25, 0.3) is 0 Å². The lowest BCUT2D eigenvalue weighted by Gasteiger charge is -2.37. The molecule has 6 nitrogen and oxygen atoms in total. The van der Waals surface area contributed by atoms with Gasteiger partial charge >= 0.3 is 0 Å². The van der Waals surface area contributed by atoms with Gasteiger partial charge in [0, 0.05) is 0 Å². The molecule has 1 fully saturated rings. The summed E-state index contributed by atoms with van der Waals surface area (Å²) in [5, 5.41) is 46.8. The normalized spacial score (nSPS) is 89.6. The fraction of sp³-hybridized carbons (Fsp3) is 1.00. The molecule has 72 valence electrons. The monoisotopic (exact) mass is 188 g/mol. The van der Waals surface area contributed by atoms with E-state index in [1.54, 1.807) is 0 Å². The molecule has 0 aromatic heterocycles. The fourth-order valence-corrected chi connectivity index (χ4v) is 0.590. The van der Waals surface area contributed by atoms with E-state index in [0.29, 0.717) is 0 Å². The minimum atomic E-state index is -4.16. The third-order valence-corrected chi connectivity index (χ3v) is 1.17. The summed E-state index contributed by atoms with van der Waals surface area (Å²) in [6, 6.07) is 0. The van der Waals surface area contributed by atoms with Crippen LogP contribution in [-0.2, 0) is 4.74 Å². The second-order valence-corrected chi connectivity index (χ2v) is 1.89. The molecule has 1 aliphatic rings. The first-order chi connectivity index (χ1) is 7.96. The van der Waals surface area contributed by atoms with Crippen molar-refractivity contribution in [3.8, 4) is 0 Å². The molecule has 1 rings (SSSR count). The molecule has 5 atom stereocenters. The zero-order chi connectivity index (χ0) is 15.7. The van der Waals surface area contributed by atoms with Crippen molar-refractivity contribution in [2.24, 2.45) is 0 Å². The van der Waals surface area contributed by atoms with Gasteiger partial charge in [0.05, 0.1) is 16.2 Å². The van der Waals surface area contributed by atoms with Crippen LogP contribution in [0.15, 0.2) is 0 Å². The molecule has 3 unspecified atom stereocenters. The molecule has 0 saturated carbocycles. The van der Waals surface area contributed by atoms with E-state index in [0.717, 1.165) is 0 Å². The molecular weight excluding hydrogens is 169 g/mol. The molecule has 0 radical (unpaired) electrons. The van der Waals surface area contributed by atoms with Gasteiger partial charge in [0.1, 0.15) is 24.3 Å². The van der Waals surface area contributed by atoms with Crippen molar-refractivity contribution >= 4 is 0 Å². The minimum absolute atomic E-state index is 3.90. The average molecular weight is 188 g/mol. The molecule has 5 N–H and O–H groups in total. The van der Waals surface area contributed by atoms with Crippen molar-refractivity contribution in [2.75, 3.05) is 6.56 Å². The Hall–Kier alpha value is -0.240. The maximum atomic E-state index is 9.57. The molecule has 1 heterocycles. The van der Waals surface area contributed by atoms with Crippen molar-refractivity contribution in [3.05, 3.63) is 0 Å². The van der Waals surface area contributed by atoms with Crippen LogP contribution in [-0.4, -0.2) is 62.7 Å². The lowest BCUT2D eigenvalue weighted by atomic mass is 10.0. The minimum Gasteiger partial charge on any atom is -0.394 e. The Morgan fingerprint density at radius 1 is 1.17 bits per heavy atom. The van der Waals surface area contributed by atoms with Gasteiger partial charge in [0.15, 0.2) is 6.27 Å². The summed E-state index contributed by atoms with van der Waals surface area (Å²) in [5.74, 6) is 0. The van der Waals surface area contributed by atoms with E-state index in [1.807, 2.05) is 0 Å². The maximum Gasteiger partial charge on any atom is 0.184 e. The van der Waals surface area contributed by atoms with Crippen molar-refractivity contribution < 1.29 is 39.9 Å². The number of hydrogen-bond acceptors (Lipinski definition) is 6. The molecule has 12 heavy (non-hydrogen) atoms. The SMILES string of the molecule is [2H]C([2H])(O)C1([2H])O[13C]([2H])(O)C([2H])(O)[C@@]([2H])(O)[C@]1([2H])O. The molecule has 0 spiro atoms. The highest BCUT2D eigenvalue weighted by atomic mass is 16.7. The predicted molar refractivity (Wildman–Crippen MR) is 36.0 cm³/mol. The molecule has 6 heteroatoms. The molecule has 0 aromatic rings. The smallest absolute Gasteiger partial charge is 0.184 e. The summed E-state index contributed by atoms with van der Waals surface area (Å²) in [6.45, 7) is -3.93. The van der Waals surface area contributed by atoms with Crippen molar-refractivity contribution in [3.63, 3.8) is 0 Å². The molecule has 0 bridgehead atoms. The van der Waals surface area contributed by atoms with E-state index in [4.69, 9.17) is 14.7 Å². The summed E-state index contributed by atoms with van der Waals surface area (Å²) < 4.78 is 53.4. The zero-order valence-electron chi connectivity index (χ0n) is 12.6. The van der Waals surface area contributed by atoms with Crippen LogP contribution in [0.1, 0.15) is 9.60 Å². The molecule has 1 aliphatic heterocycles. The second kappa shape index (κ2) is 3.65. The van der Waals surface area contributed by atoms with Crippen LogP contribution in [0.3, 0.4) is 0 Å². The van der Waals surface area contributed by atoms with Crippen LogP contribution >= 0.6 is 0 Å². The summed E-state index contributed by atoms with van der Waals surface area (Å²) in [5.41, 5.74) is 0. The number of aliphatic hydroxyl groups is 5. The van der Waals surface area contributed by atoms with Crippen LogP contribution < -0.4 is 0 Å². The second-order valence-electron chi connectivity index (χ2n) is 1.89. The van der Waals surface area contributed by atoms with E-state index in [-0.39, 0.29) is 0 Å². The first-order valence-corrected chi connectivity index (χ1v) is 2.78. The lowest BCUT2D eigenvalue weighted by Crippen LogP contribution is -2.58. The third kappa shape index (κ3) is 1.58. The van der Waals surface area contributed by atoms with E-state index >= 15 is 0 Å². The van der Waals surface area contributed by atoms with Crippen molar-refractivity contribution in [1.82, 2.24) is 0 Å². The highest BCUT2D eigenvalue weighted by molar-refractivity contribution is 4.87. The maximum absolute atomic E-state index is 9.57. The molecule has 1 saturated heterocycles. The van der Waals surface area contributed by atoms with Gasteiger partial charge in [0.2, 0.25) is 0 Å². The van der Waals surface area contributed by atoms with Gasteiger partial charge in [-0.05, 0) is 0 Å². The third-order valence-electron chi connectivity index (χ3n) is 1.17. The first-order valence-electron chi connectivity index (χ1n) is 6.28. The van der Waals surface area contributed by atoms with E-state index < -0.39 is 37.1 Å². The van der Waals surface area contributed by atoms with Crippen LogP contribution in [0.5, 0.6) is 0 Å². The number of ether oxygens (including phenoxy) is 1. The first kappa shape index (κ1) is 3.87. The molecule has 0 amide bonds. The Bertz CT molecular complexity index is 390. The van der Waals surface area contributed by atoms with E-state index in [9.17, 15) is 20.4 Å². The van der Waals surface area contributed by atoms with Gasteiger partial charge in [-0.25, -0.2) is 0 Å². The van der Waals surface area contributed by atoms with E-state index in [1.165, 1.54) is 0 Å². The Labute approximate surface area is 78.5 Å². The predicted octanol–water partition coefficient (Wildman–Crippen LogP) is -3.22. The number of hydrogen-bond donors (Lipinski definition) is 5. The fourth-order valence-electron chi connectivity index (χ4n) is 0.590. The lowest BCUT2D eigenvalue weighted by molar-refractivity contribution is -0.286. The Morgan fingerprint density at radius 3 is 2.25 bits per heavy atom. The summed E-state index contributed by atoms with van der Waals surface area (Å²) in [4.78, 5) is 0. The highest BCUT2D eigenvalue weighted by Crippen LogP contribution is 2.18. The Morgan fingerprint density at radius 2 is 1.75 bits per heavy atom. The molecule has 0 aliphatic carbocycles. The Balaban J connectivity index is 3.60. The number of rotatable bonds is 1. The summed E-state index contributed by atoms with van der Waals surface area (Å²) in [6.07, 6.45) is -20.3. The van der Waals surface area contributed by atoms with Gasteiger partial charge in [-0.3, -0.25) is 0 Å². The van der Waals surface area contributed by atoms with Crippen LogP contribution in [0.25, 0.3) is 0 Å². The Kier molecular flexibility index (Phi) is 1.18. The van der Waals surface area contributed by atoms with Crippen molar-refractivity contribution in [1.29, 1.82) is 0 Å². The standard InChI is InChI=1S/C6H12O6/c7-1-2-3(8)4(9)5(10)6(11)12-2/h2-11H,1H2/t2?,3-,4+,5?,6?/m1/s1/i1D2,2D,3D,4D,5D,6+1D. The molecular formula is C6H12O6. The van der Waals surface area contributed by atoms with Crippen LogP contribution in [0.2, 0.25) is 0 Å². The summed E-state index contributed by atoms with van der Waals surface area (Å²) >= 11 is 0. The topological polar surface area (TPSA) is 110 Å². The van der Waals surface area contributed by atoms with Gasteiger partial charge in [-0.15, -0.1) is 0 Å². The van der Waals surface area contributed by atoms with Gasteiger partial charge in [-0.1, -0.05) is 0 Å². The summed E-state index contributed by atoms with van der Waals surface area (Å²) in [7, 11) is 0. The van der Waals surface area contributed by atoms with Gasteiger partial charge < -0.3 is 30.3 Å². The zero-order valence-corrected chi connectivity index (χ0v) is 5.64. The van der Waals surface area contributed by atoms with Gasteiger partial charge in [-0.2, -0.15) is 0 Å². The largest absolute Gasteiger partial charge is 0.394 e. The van der Waals surface area contributed by atoms with Crippen LogP contribution in [0.4, 0.5) is 0 Å². The average Bonchev–Trinajstić information content (AvgIpc) is 2.12.